The molecular weight excluding hydrogens is 246 g/mol. The SMILES string of the molecule is Cc1nnc(NCc2ccc([N+](=O)[O-])cc2)nc1C. The summed E-state index contributed by atoms with van der Waals surface area (Å²) in [5.74, 6) is 0.446. The van der Waals surface area contributed by atoms with Crippen LogP contribution in [0.4, 0.5) is 11.6 Å². The number of nitro groups is 1. The summed E-state index contributed by atoms with van der Waals surface area (Å²) in [6, 6.07) is 6.33. The van der Waals surface area contributed by atoms with Gasteiger partial charge in [0, 0.05) is 18.7 Å². The molecule has 0 radical (unpaired) electrons. The van der Waals surface area contributed by atoms with E-state index < -0.39 is 4.92 Å². The van der Waals surface area contributed by atoms with E-state index in [2.05, 4.69) is 20.5 Å². The lowest BCUT2D eigenvalue weighted by atomic mass is 10.2. The number of benzene rings is 1. The zero-order chi connectivity index (χ0) is 13.8. The van der Waals surface area contributed by atoms with Crippen LogP contribution in [0, 0.1) is 24.0 Å². The number of anilines is 1. The van der Waals surface area contributed by atoms with Gasteiger partial charge in [0.2, 0.25) is 5.95 Å². The summed E-state index contributed by atoms with van der Waals surface area (Å²) < 4.78 is 0. The predicted octanol–water partition coefficient (Wildman–Crippen LogP) is 2.01. The van der Waals surface area contributed by atoms with Crippen molar-refractivity contribution in [2.75, 3.05) is 5.32 Å². The summed E-state index contributed by atoms with van der Waals surface area (Å²) >= 11 is 0. The maximum Gasteiger partial charge on any atom is 0.269 e. The van der Waals surface area contributed by atoms with Crippen LogP contribution in [0.3, 0.4) is 0 Å². The third-order valence-corrected chi connectivity index (χ3v) is 2.69. The van der Waals surface area contributed by atoms with Gasteiger partial charge in [-0.25, -0.2) is 4.98 Å². The highest BCUT2D eigenvalue weighted by molar-refractivity contribution is 5.35. The molecule has 19 heavy (non-hydrogen) atoms. The average Bonchev–Trinajstić information content (AvgIpc) is 2.40. The molecule has 0 bridgehead atoms. The van der Waals surface area contributed by atoms with Gasteiger partial charge in [0.05, 0.1) is 16.3 Å². The van der Waals surface area contributed by atoms with Gasteiger partial charge in [-0.1, -0.05) is 12.1 Å². The van der Waals surface area contributed by atoms with Crippen LogP contribution in [-0.4, -0.2) is 20.1 Å². The molecule has 0 aliphatic rings. The van der Waals surface area contributed by atoms with E-state index in [0.29, 0.717) is 12.5 Å². The Hall–Kier alpha value is -2.57. The Kier molecular flexibility index (Phi) is 3.65. The van der Waals surface area contributed by atoms with E-state index in [1.807, 2.05) is 13.8 Å². The molecule has 0 aliphatic carbocycles. The summed E-state index contributed by atoms with van der Waals surface area (Å²) in [6.07, 6.45) is 0. The van der Waals surface area contributed by atoms with E-state index in [0.717, 1.165) is 17.0 Å². The zero-order valence-electron chi connectivity index (χ0n) is 10.6. The average molecular weight is 259 g/mol. The van der Waals surface area contributed by atoms with Crippen LogP contribution in [0.25, 0.3) is 0 Å². The fraction of sp³-hybridized carbons (Fsp3) is 0.250. The van der Waals surface area contributed by atoms with Crippen molar-refractivity contribution < 1.29 is 4.92 Å². The van der Waals surface area contributed by atoms with E-state index in [4.69, 9.17) is 0 Å². The first-order chi connectivity index (χ1) is 9.06. The molecule has 7 heteroatoms. The molecule has 1 aromatic carbocycles. The number of hydrogen-bond acceptors (Lipinski definition) is 6. The minimum atomic E-state index is -0.423. The largest absolute Gasteiger partial charge is 0.349 e. The third kappa shape index (κ3) is 3.21. The summed E-state index contributed by atoms with van der Waals surface area (Å²) in [5.41, 5.74) is 2.60. The van der Waals surface area contributed by atoms with Crippen LogP contribution in [0.1, 0.15) is 17.0 Å². The van der Waals surface area contributed by atoms with Crippen LogP contribution in [0.15, 0.2) is 24.3 Å². The fourth-order valence-electron chi connectivity index (χ4n) is 1.45. The molecule has 0 amide bonds. The number of aryl methyl sites for hydroxylation is 2. The molecule has 0 fully saturated rings. The lowest BCUT2D eigenvalue weighted by molar-refractivity contribution is -0.384. The second kappa shape index (κ2) is 5.38. The Morgan fingerprint density at radius 2 is 1.84 bits per heavy atom. The summed E-state index contributed by atoms with van der Waals surface area (Å²) in [5, 5.41) is 21.4. The van der Waals surface area contributed by atoms with Crippen LogP contribution in [0.2, 0.25) is 0 Å². The highest BCUT2D eigenvalue weighted by atomic mass is 16.6. The van der Waals surface area contributed by atoms with Crippen LogP contribution < -0.4 is 5.32 Å². The molecule has 0 saturated heterocycles. The number of nitrogens with zero attached hydrogens (tertiary/aromatic N) is 4. The van der Waals surface area contributed by atoms with Gasteiger partial charge in [-0.2, -0.15) is 5.10 Å². The maximum absolute atomic E-state index is 10.5. The molecule has 0 spiro atoms. The molecule has 0 unspecified atom stereocenters. The van der Waals surface area contributed by atoms with Gasteiger partial charge in [-0.3, -0.25) is 10.1 Å². The van der Waals surface area contributed by atoms with E-state index in [9.17, 15) is 10.1 Å². The van der Waals surface area contributed by atoms with E-state index >= 15 is 0 Å². The Morgan fingerprint density at radius 1 is 1.16 bits per heavy atom. The van der Waals surface area contributed by atoms with Crippen molar-refractivity contribution in [1.82, 2.24) is 15.2 Å². The lowest BCUT2D eigenvalue weighted by Crippen LogP contribution is -2.07. The van der Waals surface area contributed by atoms with Crippen molar-refractivity contribution >= 4 is 11.6 Å². The molecule has 0 aliphatic heterocycles. The van der Waals surface area contributed by atoms with Crippen molar-refractivity contribution in [2.45, 2.75) is 20.4 Å². The molecular formula is C12H13N5O2. The highest BCUT2D eigenvalue weighted by Gasteiger charge is 2.05. The third-order valence-electron chi connectivity index (χ3n) is 2.69. The van der Waals surface area contributed by atoms with Crippen molar-refractivity contribution in [2.24, 2.45) is 0 Å². The number of non-ortho nitro benzene ring substituents is 1. The van der Waals surface area contributed by atoms with E-state index in [-0.39, 0.29) is 5.69 Å². The zero-order valence-corrected chi connectivity index (χ0v) is 10.6. The minimum Gasteiger partial charge on any atom is -0.349 e. The molecule has 0 saturated carbocycles. The van der Waals surface area contributed by atoms with Crippen molar-refractivity contribution in [3.05, 3.63) is 51.3 Å². The van der Waals surface area contributed by atoms with Gasteiger partial charge >= 0.3 is 0 Å². The van der Waals surface area contributed by atoms with Gasteiger partial charge in [-0.15, -0.1) is 5.10 Å². The first kappa shape index (κ1) is 12.9. The van der Waals surface area contributed by atoms with Crippen LogP contribution in [-0.2, 0) is 6.54 Å². The van der Waals surface area contributed by atoms with E-state index in [1.54, 1.807) is 12.1 Å². The molecule has 2 aromatic rings. The Labute approximate surface area is 109 Å². The highest BCUT2D eigenvalue weighted by Crippen LogP contribution is 2.12. The Morgan fingerprint density at radius 3 is 2.42 bits per heavy atom. The molecule has 98 valence electrons. The quantitative estimate of drug-likeness (QED) is 0.666. The van der Waals surface area contributed by atoms with E-state index in [1.165, 1.54) is 12.1 Å². The predicted molar refractivity (Wildman–Crippen MR) is 69.7 cm³/mol. The molecule has 2 rings (SSSR count). The standard InChI is InChI=1S/C12H13N5O2/c1-8-9(2)15-16-12(14-8)13-7-10-3-5-11(6-4-10)17(18)19/h3-6H,7H2,1-2H3,(H,13,14,16). The van der Waals surface area contributed by atoms with Gasteiger partial charge in [0.1, 0.15) is 0 Å². The second-order valence-corrected chi connectivity index (χ2v) is 4.08. The Balaban J connectivity index is 2.01. The molecule has 1 N–H and O–H groups in total. The minimum absolute atomic E-state index is 0.0767. The number of nitro benzene ring substituents is 1. The van der Waals surface area contributed by atoms with Gasteiger partial charge in [0.25, 0.3) is 5.69 Å². The number of hydrogen-bond donors (Lipinski definition) is 1. The topological polar surface area (TPSA) is 93.8 Å². The summed E-state index contributed by atoms with van der Waals surface area (Å²) in [4.78, 5) is 14.3. The molecule has 0 atom stereocenters. The Bertz CT molecular complexity index is 598. The molecule has 1 aromatic heterocycles. The number of aromatic nitrogens is 3. The van der Waals surface area contributed by atoms with Crippen molar-refractivity contribution in [3.63, 3.8) is 0 Å². The lowest BCUT2D eigenvalue weighted by Gasteiger charge is -2.05. The fourth-order valence-corrected chi connectivity index (χ4v) is 1.45. The molecule has 1 heterocycles. The van der Waals surface area contributed by atoms with Gasteiger partial charge in [-0.05, 0) is 19.4 Å². The normalized spacial score (nSPS) is 10.2. The number of rotatable bonds is 4. The summed E-state index contributed by atoms with van der Waals surface area (Å²) in [7, 11) is 0. The monoisotopic (exact) mass is 259 g/mol. The first-order valence-corrected chi connectivity index (χ1v) is 5.71. The van der Waals surface area contributed by atoms with Crippen molar-refractivity contribution in [3.8, 4) is 0 Å². The number of nitrogens with one attached hydrogen (secondary N) is 1. The van der Waals surface area contributed by atoms with Gasteiger partial charge < -0.3 is 5.32 Å². The first-order valence-electron chi connectivity index (χ1n) is 5.71. The maximum atomic E-state index is 10.5. The van der Waals surface area contributed by atoms with Crippen molar-refractivity contribution in [1.29, 1.82) is 0 Å². The summed E-state index contributed by atoms with van der Waals surface area (Å²) in [6.45, 7) is 4.19. The second-order valence-electron chi connectivity index (χ2n) is 4.08. The smallest absolute Gasteiger partial charge is 0.269 e. The van der Waals surface area contributed by atoms with Crippen LogP contribution >= 0.6 is 0 Å². The molecule has 7 nitrogen and oxygen atoms in total. The van der Waals surface area contributed by atoms with Gasteiger partial charge in [0.15, 0.2) is 0 Å². The van der Waals surface area contributed by atoms with Crippen LogP contribution in [0.5, 0.6) is 0 Å².